The summed E-state index contributed by atoms with van der Waals surface area (Å²) in [6.07, 6.45) is 0.479. The van der Waals surface area contributed by atoms with E-state index in [1.54, 1.807) is 6.92 Å². The predicted molar refractivity (Wildman–Crippen MR) is 55.1 cm³/mol. The first-order chi connectivity index (χ1) is 7.15. The van der Waals surface area contributed by atoms with E-state index < -0.39 is 5.79 Å². The highest BCUT2D eigenvalue weighted by atomic mass is 17.2. The van der Waals surface area contributed by atoms with Crippen molar-refractivity contribution in [1.82, 2.24) is 0 Å². The number of ether oxygens (including phenoxy) is 1. The van der Waals surface area contributed by atoms with Crippen LogP contribution >= 0.6 is 0 Å². The number of epoxide rings is 1. The van der Waals surface area contributed by atoms with Gasteiger partial charge in [0.25, 0.3) is 0 Å². The molecule has 3 N–H and O–H groups in total. The maximum absolute atomic E-state index is 8.57. The van der Waals surface area contributed by atoms with Crippen LogP contribution in [-0.4, -0.2) is 23.2 Å². The molecule has 1 aliphatic heterocycles. The summed E-state index contributed by atoms with van der Waals surface area (Å²) in [5.41, 5.74) is 7.10. The van der Waals surface area contributed by atoms with Crippen molar-refractivity contribution >= 4 is 0 Å². The molecule has 1 heterocycles. The van der Waals surface area contributed by atoms with E-state index in [1.165, 1.54) is 0 Å². The van der Waals surface area contributed by atoms with Crippen molar-refractivity contribution in [3.8, 4) is 0 Å². The van der Waals surface area contributed by atoms with Gasteiger partial charge < -0.3 is 10.5 Å². The van der Waals surface area contributed by atoms with Gasteiger partial charge in [0.05, 0.1) is 0 Å². The maximum atomic E-state index is 8.57. The number of hydrogen-bond donors (Lipinski definition) is 2. The standard InChI is InChI=1S/C11H15NO3/c1-11(15-13)10(14-11)9(12)7-8-5-3-2-4-6-8/h2-6,9-10,13H,7,12H2,1H3/t9-,10?,11?/m1/s1. The maximum Gasteiger partial charge on any atom is 0.227 e. The third-order valence-electron chi connectivity index (χ3n) is 2.70. The van der Waals surface area contributed by atoms with E-state index in [4.69, 9.17) is 15.7 Å². The van der Waals surface area contributed by atoms with Gasteiger partial charge in [-0.05, 0) is 18.9 Å². The minimum atomic E-state index is -0.909. The Morgan fingerprint density at radius 1 is 1.53 bits per heavy atom. The molecule has 0 bridgehead atoms. The molecule has 4 nitrogen and oxygen atoms in total. The average Bonchev–Trinajstić information content (AvgIpc) is 2.93. The number of benzene rings is 1. The highest BCUT2D eigenvalue weighted by Crippen LogP contribution is 2.38. The molecule has 2 rings (SSSR count). The Balaban J connectivity index is 1.92. The Morgan fingerprint density at radius 2 is 2.20 bits per heavy atom. The lowest BCUT2D eigenvalue weighted by Crippen LogP contribution is -2.33. The quantitative estimate of drug-likeness (QED) is 0.443. The van der Waals surface area contributed by atoms with Gasteiger partial charge in [-0.25, -0.2) is 10.1 Å². The Kier molecular flexibility index (Phi) is 2.75. The zero-order chi connectivity index (χ0) is 10.9. The summed E-state index contributed by atoms with van der Waals surface area (Å²) in [5, 5.41) is 8.57. The zero-order valence-electron chi connectivity index (χ0n) is 8.59. The van der Waals surface area contributed by atoms with E-state index in [-0.39, 0.29) is 12.1 Å². The van der Waals surface area contributed by atoms with Crippen LogP contribution in [0.2, 0.25) is 0 Å². The monoisotopic (exact) mass is 209 g/mol. The van der Waals surface area contributed by atoms with Crippen molar-refractivity contribution in [2.75, 3.05) is 0 Å². The number of hydrogen-bond acceptors (Lipinski definition) is 4. The van der Waals surface area contributed by atoms with Crippen molar-refractivity contribution in [2.24, 2.45) is 5.73 Å². The molecule has 1 fully saturated rings. The minimum Gasteiger partial charge on any atom is -0.335 e. The van der Waals surface area contributed by atoms with E-state index in [9.17, 15) is 0 Å². The SMILES string of the molecule is CC1(OO)OC1[C@H](N)Cc1ccccc1. The summed E-state index contributed by atoms with van der Waals surface area (Å²) in [5.74, 6) is -0.909. The molecule has 0 saturated carbocycles. The molecule has 1 aromatic carbocycles. The Morgan fingerprint density at radius 3 is 2.73 bits per heavy atom. The Hall–Kier alpha value is -0.940. The predicted octanol–water partition coefficient (Wildman–Crippen LogP) is 1.16. The first-order valence-electron chi connectivity index (χ1n) is 4.95. The highest BCUT2D eigenvalue weighted by Gasteiger charge is 2.57. The lowest BCUT2D eigenvalue weighted by molar-refractivity contribution is -0.312. The third-order valence-corrected chi connectivity index (χ3v) is 2.70. The summed E-state index contributed by atoms with van der Waals surface area (Å²) in [6, 6.07) is 9.77. The van der Waals surface area contributed by atoms with Gasteiger partial charge in [0, 0.05) is 6.04 Å². The molecule has 4 heteroatoms. The normalized spacial score (nSPS) is 31.3. The molecule has 0 aromatic heterocycles. The molecular formula is C11H15NO3. The van der Waals surface area contributed by atoms with Crippen LogP contribution < -0.4 is 5.73 Å². The smallest absolute Gasteiger partial charge is 0.227 e. The van der Waals surface area contributed by atoms with Crippen LogP contribution in [0, 0.1) is 0 Å². The Labute approximate surface area is 88.5 Å². The van der Waals surface area contributed by atoms with Gasteiger partial charge >= 0.3 is 0 Å². The lowest BCUT2D eigenvalue weighted by Gasteiger charge is -2.09. The summed E-state index contributed by atoms with van der Waals surface area (Å²) < 4.78 is 5.19. The fourth-order valence-electron chi connectivity index (χ4n) is 1.76. The molecule has 15 heavy (non-hydrogen) atoms. The van der Waals surface area contributed by atoms with Crippen molar-refractivity contribution < 1.29 is 14.9 Å². The molecule has 82 valence electrons. The minimum absolute atomic E-state index is 0.162. The van der Waals surface area contributed by atoms with Gasteiger partial charge in [-0.3, -0.25) is 0 Å². The van der Waals surface area contributed by atoms with Gasteiger partial charge in [0.1, 0.15) is 6.10 Å². The number of rotatable bonds is 4. The van der Waals surface area contributed by atoms with E-state index >= 15 is 0 Å². The second-order valence-corrected chi connectivity index (χ2v) is 4.00. The number of nitrogens with two attached hydrogens (primary N) is 1. The molecule has 2 unspecified atom stereocenters. The third kappa shape index (κ3) is 2.18. The fraction of sp³-hybridized carbons (Fsp3) is 0.455. The first kappa shape index (κ1) is 10.6. The molecule has 0 spiro atoms. The molecule has 0 aliphatic carbocycles. The van der Waals surface area contributed by atoms with Crippen molar-refractivity contribution in [3.63, 3.8) is 0 Å². The van der Waals surface area contributed by atoms with E-state index in [2.05, 4.69) is 4.89 Å². The summed E-state index contributed by atoms with van der Waals surface area (Å²) in [4.78, 5) is 4.22. The van der Waals surface area contributed by atoms with Gasteiger partial charge in [-0.1, -0.05) is 30.3 Å². The largest absolute Gasteiger partial charge is 0.335 e. The van der Waals surface area contributed by atoms with Crippen LogP contribution in [0.1, 0.15) is 12.5 Å². The van der Waals surface area contributed by atoms with Crippen LogP contribution in [0.25, 0.3) is 0 Å². The average molecular weight is 209 g/mol. The van der Waals surface area contributed by atoms with E-state index in [0.29, 0.717) is 6.42 Å². The first-order valence-corrected chi connectivity index (χ1v) is 4.95. The van der Waals surface area contributed by atoms with Gasteiger partial charge in [0.2, 0.25) is 5.79 Å². The highest BCUT2D eigenvalue weighted by molar-refractivity contribution is 5.17. The summed E-state index contributed by atoms with van der Waals surface area (Å²) in [6.45, 7) is 1.67. The van der Waals surface area contributed by atoms with Crippen LogP contribution in [0.15, 0.2) is 30.3 Å². The molecule has 0 amide bonds. The second-order valence-electron chi connectivity index (χ2n) is 4.00. The lowest BCUT2D eigenvalue weighted by atomic mass is 10.0. The molecule has 0 radical (unpaired) electrons. The molecule has 1 saturated heterocycles. The van der Waals surface area contributed by atoms with E-state index in [0.717, 1.165) is 5.56 Å². The zero-order valence-corrected chi connectivity index (χ0v) is 8.59. The topological polar surface area (TPSA) is 68.0 Å². The molecular weight excluding hydrogens is 194 g/mol. The molecule has 1 aromatic rings. The second kappa shape index (κ2) is 3.90. The van der Waals surface area contributed by atoms with Crippen molar-refractivity contribution in [2.45, 2.75) is 31.3 Å². The molecule has 3 atom stereocenters. The van der Waals surface area contributed by atoms with Gasteiger partial charge in [0.15, 0.2) is 0 Å². The van der Waals surface area contributed by atoms with Crippen molar-refractivity contribution in [1.29, 1.82) is 0 Å². The van der Waals surface area contributed by atoms with Crippen molar-refractivity contribution in [3.05, 3.63) is 35.9 Å². The van der Waals surface area contributed by atoms with E-state index in [1.807, 2.05) is 30.3 Å². The van der Waals surface area contributed by atoms with Gasteiger partial charge in [-0.2, -0.15) is 0 Å². The Bertz CT molecular complexity index is 330. The van der Waals surface area contributed by atoms with Crippen LogP contribution in [-0.2, 0) is 16.0 Å². The van der Waals surface area contributed by atoms with Crippen LogP contribution in [0.4, 0.5) is 0 Å². The summed E-state index contributed by atoms with van der Waals surface area (Å²) in [7, 11) is 0. The summed E-state index contributed by atoms with van der Waals surface area (Å²) >= 11 is 0. The van der Waals surface area contributed by atoms with Crippen LogP contribution in [0.3, 0.4) is 0 Å². The molecule has 1 aliphatic rings. The van der Waals surface area contributed by atoms with Crippen LogP contribution in [0.5, 0.6) is 0 Å². The fourth-order valence-corrected chi connectivity index (χ4v) is 1.76. The van der Waals surface area contributed by atoms with Gasteiger partial charge in [-0.15, -0.1) is 0 Å².